The highest BCUT2D eigenvalue weighted by Crippen LogP contribution is 1.99. The van der Waals surface area contributed by atoms with Gasteiger partial charge in [-0.25, -0.2) is 4.89 Å². The van der Waals surface area contributed by atoms with Crippen molar-refractivity contribution >= 4 is 5.97 Å². The van der Waals surface area contributed by atoms with Crippen molar-refractivity contribution in [3.63, 3.8) is 0 Å². The molecule has 0 N–H and O–H groups in total. The fraction of sp³-hybridized carbons (Fsp3) is 0.833. The topological polar surface area (TPSA) is 44.8 Å². The van der Waals surface area contributed by atoms with Gasteiger partial charge in [-0.2, -0.15) is 4.89 Å². The first-order chi connectivity index (χ1) is 4.70. The minimum absolute atomic E-state index is 0.371. The van der Waals surface area contributed by atoms with E-state index >= 15 is 0 Å². The summed E-state index contributed by atoms with van der Waals surface area (Å²) >= 11 is 0. The summed E-state index contributed by atoms with van der Waals surface area (Å²) in [5.41, 5.74) is 0. The van der Waals surface area contributed by atoms with Gasteiger partial charge in [0.15, 0.2) is 0 Å². The number of hydrogen-bond acceptors (Lipinski definition) is 4. The van der Waals surface area contributed by atoms with E-state index in [0.717, 1.165) is 0 Å². The average molecular weight is 148 g/mol. The molecule has 0 aromatic heterocycles. The molecule has 10 heavy (non-hydrogen) atoms. The Kier molecular flexibility index (Phi) is 4.88. The van der Waals surface area contributed by atoms with E-state index in [4.69, 9.17) is 0 Å². The molecule has 0 radical (unpaired) electrons. The second-order valence-corrected chi connectivity index (χ2v) is 1.71. The average Bonchev–Trinajstić information content (AvgIpc) is 1.86. The molecule has 0 fully saturated rings. The van der Waals surface area contributed by atoms with E-state index in [2.05, 4.69) is 14.5 Å². The maximum Gasteiger partial charge on any atom is 0.305 e. The normalized spacial score (nSPS) is 12.7. The molecular formula is C6H12O4. The molecule has 0 aliphatic carbocycles. The van der Waals surface area contributed by atoms with E-state index in [1.54, 1.807) is 0 Å². The summed E-state index contributed by atoms with van der Waals surface area (Å²) in [5.74, 6) is -0.371. The van der Waals surface area contributed by atoms with Gasteiger partial charge in [0.05, 0.1) is 7.11 Å². The Balaban J connectivity index is 3.49. The molecule has 0 bridgehead atoms. The number of hydrogen-bond donors (Lipinski definition) is 0. The Hall–Kier alpha value is -0.610. The molecule has 0 rings (SSSR count). The lowest BCUT2D eigenvalue weighted by molar-refractivity contribution is -0.355. The molecule has 0 aliphatic heterocycles. The van der Waals surface area contributed by atoms with E-state index in [1.807, 2.05) is 6.92 Å². The SMILES string of the molecule is CCC(OOC)OC(C)=O. The van der Waals surface area contributed by atoms with Crippen LogP contribution >= 0.6 is 0 Å². The summed E-state index contributed by atoms with van der Waals surface area (Å²) in [7, 11) is 1.37. The molecule has 0 spiro atoms. The number of carbonyl (C=O) groups excluding carboxylic acids is 1. The second kappa shape index (κ2) is 5.20. The van der Waals surface area contributed by atoms with E-state index in [-0.39, 0.29) is 5.97 Å². The molecule has 4 nitrogen and oxygen atoms in total. The van der Waals surface area contributed by atoms with Crippen LogP contribution < -0.4 is 0 Å². The molecule has 0 aromatic rings. The third kappa shape index (κ3) is 4.29. The first kappa shape index (κ1) is 9.39. The van der Waals surface area contributed by atoms with Crippen LogP contribution in [0.4, 0.5) is 0 Å². The van der Waals surface area contributed by atoms with Crippen LogP contribution in [0.15, 0.2) is 0 Å². The first-order valence-electron chi connectivity index (χ1n) is 3.07. The van der Waals surface area contributed by atoms with Crippen molar-refractivity contribution < 1.29 is 19.3 Å². The first-order valence-corrected chi connectivity index (χ1v) is 3.07. The number of carbonyl (C=O) groups is 1. The predicted octanol–water partition coefficient (Wildman–Crippen LogP) is 0.864. The van der Waals surface area contributed by atoms with E-state index in [9.17, 15) is 4.79 Å². The minimum Gasteiger partial charge on any atom is -0.433 e. The van der Waals surface area contributed by atoms with Gasteiger partial charge in [0.2, 0.25) is 6.29 Å². The van der Waals surface area contributed by atoms with Gasteiger partial charge in [0.1, 0.15) is 0 Å². The smallest absolute Gasteiger partial charge is 0.305 e. The monoisotopic (exact) mass is 148 g/mol. The summed E-state index contributed by atoms with van der Waals surface area (Å²) in [6, 6.07) is 0. The summed E-state index contributed by atoms with van der Waals surface area (Å²) < 4.78 is 4.65. The van der Waals surface area contributed by atoms with Gasteiger partial charge in [-0.05, 0) is 0 Å². The van der Waals surface area contributed by atoms with Gasteiger partial charge in [-0.15, -0.1) is 0 Å². The van der Waals surface area contributed by atoms with Gasteiger partial charge < -0.3 is 4.74 Å². The number of rotatable bonds is 4. The van der Waals surface area contributed by atoms with Crippen molar-refractivity contribution in [3.05, 3.63) is 0 Å². The quantitative estimate of drug-likeness (QED) is 0.257. The maximum absolute atomic E-state index is 10.3. The predicted molar refractivity (Wildman–Crippen MR) is 33.9 cm³/mol. The molecule has 1 unspecified atom stereocenters. The Morgan fingerprint density at radius 2 is 2.20 bits per heavy atom. The van der Waals surface area contributed by atoms with Crippen molar-refractivity contribution in [2.75, 3.05) is 7.11 Å². The van der Waals surface area contributed by atoms with Gasteiger partial charge in [-0.3, -0.25) is 4.79 Å². The van der Waals surface area contributed by atoms with Crippen molar-refractivity contribution in [2.24, 2.45) is 0 Å². The van der Waals surface area contributed by atoms with E-state index in [0.29, 0.717) is 6.42 Å². The lowest BCUT2D eigenvalue weighted by Crippen LogP contribution is -2.18. The fourth-order valence-corrected chi connectivity index (χ4v) is 0.463. The second-order valence-electron chi connectivity index (χ2n) is 1.71. The van der Waals surface area contributed by atoms with Crippen LogP contribution in [0.5, 0.6) is 0 Å². The van der Waals surface area contributed by atoms with Crippen molar-refractivity contribution in [1.82, 2.24) is 0 Å². The van der Waals surface area contributed by atoms with Crippen LogP contribution in [0.1, 0.15) is 20.3 Å². The molecular weight excluding hydrogens is 136 g/mol. The summed E-state index contributed by atoms with van der Waals surface area (Å²) in [4.78, 5) is 19.2. The van der Waals surface area contributed by atoms with Crippen LogP contribution in [-0.2, 0) is 19.3 Å². The van der Waals surface area contributed by atoms with E-state index < -0.39 is 6.29 Å². The van der Waals surface area contributed by atoms with E-state index in [1.165, 1.54) is 14.0 Å². The molecule has 0 saturated heterocycles. The molecule has 0 heterocycles. The lowest BCUT2D eigenvalue weighted by Gasteiger charge is -2.11. The molecule has 0 saturated carbocycles. The van der Waals surface area contributed by atoms with Crippen LogP contribution in [-0.4, -0.2) is 19.4 Å². The molecule has 60 valence electrons. The Bertz CT molecular complexity index is 102. The third-order valence-electron chi connectivity index (χ3n) is 0.834. The van der Waals surface area contributed by atoms with Crippen molar-refractivity contribution in [1.29, 1.82) is 0 Å². The van der Waals surface area contributed by atoms with Crippen LogP contribution in [0.2, 0.25) is 0 Å². The fourth-order valence-electron chi connectivity index (χ4n) is 0.463. The molecule has 1 atom stereocenters. The van der Waals surface area contributed by atoms with Crippen LogP contribution in [0.3, 0.4) is 0 Å². The summed E-state index contributed by atoms with van der Waals surface area (Å²) in [6.45, 7) is 3.15. The summed E-state index contributed by atoms with van der Waals surface area (Å²) in [6.07, 6.45) is -0.00421. The molecule has 0 aromatic carbocycles. The Morgan fingerprint density at radius 1 is 1.60 bits per heavy atom. The van der Waals surface area contributed by atoms with Crippen LogP contribution in [0, 0.1) is 0 Å². The highest BCUT2D eigenvalue weighted by molar-refractivity contribution is 5.65. The zero-order chi connectivity index (χ0) is 7.98. The zero-order valence-corrected chi connectivity index (χ0v) is 6.42. The Morgan fingerprint density at radius 3 is 2.50 bits per heavy atom. The Labute approximate surface area is 60.0 Å². The standard InChI is InChI=1S/C6H12O4/c1-4-6(10-8-3)9-5(2)7/h6H,4H2,1-3H3. The largest absolute Gasteiger partial charge is 0.433 e. The third-order valence-corrected chi connectivity index (χ3v) is 0.834. The highest BCUT2D eigenvalue weighted by Gasteiger charge is 2.08. The van der Waals surface area contributed by atoms with Gasteiger partial charge in [0, 0.05) is 13.3 Å². The number of ether oxygens (including phenoxy) is 1. The highest BCUT2D eigenvalue weighted by atomic mass is 17.2. The zero-order valence-electron chi connectivity index (χ0n) is 6.42. The molecule has 4 heteroatoms. The van der Waals surface area contributed by atoms with Gasteiger partial charge >= 0.3 is 5.97 Å². The van der Waals surface area contributed by atoms with Crippen LogP contribution in [0.25, 0.3) is 0 Å². The van der Waals surface area contributed by atoms with Crippen molar-refractivity contribution in [3.8, 4) is 0 Å². The molecule has 0 aliphatic rings. The van der Waals surface area contributed by atoms with Crippen molar-refractivity contribution in [2.45, 2.75) is 26.6 Å². The number of esters is 1. The summed E-state index contributed by atoms with van der Waals surface area (Å²) in [5, 5.41) is 0. The maximum atomic E-state index is 10.3. The minimum atomic E-state index is -0.581. The van der Waals surface area contributed by atoms with Gasteiger partial charge in [0.25, 0.3) is 0 Å². The lowest BCUT2D eigenvalue weighted by atomic mass is 10.5. The van der Waals surface area contributed by atoms with Gasteiger partial charge in [-0.1, -0.05) is 6.92 Å². The molecule has 0 amide bonds.